The molecule has 390 valence electrons. The van der Waals surface area contributed by atoms with Crippen LogP contribution >= 0.6 is 10.9 Å². The van der Waals surface area contributed by atoms with Crippen LogP contribution in [0.3, 0.4) is 0 Å². The van der Waals surface area contributed by atoms with E-state index in [1.807, 2.05) is 42.5 Å². The van der Waals surface area contributed by atoms with Gasteiger partial charge >= 0.3 is 0 Å². The molecule has 3 aromatic heterocycles. The van der Waals surface area contributed by atoms with Crippen LogP contribution in [0.25, 0.3) is 22.4 Å². The number of hydrazone groups is 1. The van der Waals surface area contributed by atoms with Crippen molar-refractivity contribution in [2.75, 3.05) is 64.8 Å². The first-order chi connectivity index (χ1) is 35.4. The fourth-order valence-electron chi connectivity index (χ4n) is 7.35. The van der Waals surface area contributed by atoms with E-state index >= 15 is 0 Å². The lowest BCUT2D eigenvalue weighted by Gasteiger charge is -2.20. The van der Waals surface area contributed by atoms with Crippen molar-refractivity contribution in [2.45, 2.75) is 82.1 Å². The summed E-state index contributed by atoms with van der Waals surface area (Å²) in [6.07, 6.45) is 8.63. The summed E-state index contributed by atoms with van der Waals surface area (Å²) in [5.74, 6) is 1.42. The first-order valence-electron chi connectivity index (χ1n) is 24.6. The van der Waals surface area contributed by atoms with Crippen molar-refractivity contribution in [1.82, 2.24) is 40.8 Å². The molecule has 73 heavy (non-hydrogen) atoms. The van der Waals surface area contributed by atoms with Gasteiger partial charge in [-0.1, -0.05) is 92.7 Å². The number of carbonyl (C=O) groups is 2. The number of pyridine rings is 2. The molecule has 6 aromatic rings. The molecule has 0 aliphatic rings. The number of unbranched alkanes of at least 4 members (excludes halogenated alkanes) is 2. The largest absolute Gasteiger partial charge is 0.478 e. The molecule has 0 aliphatic carbocycles. The molecule has 0 saturated carbocycles. The number of carbonyl (C=O) groups excluding carboxylic acids is 2. The molecule has 6 N–H and O–H groups in total. The molecule has 3 heterocycles. The van der Waals surface area contributed by atoms with Crippen LogP contribution in [0, 0.1) is 0 Å². The molecule has 19 nitrogen and oxygen atoms in total. The number of nitrogens with one attached hydrogen (secondary N) is 3. The minimum absolute atomic E-state index is 0.00899. The molecule has 0 spiro atoms. The van der Waals surface area contributed by atoms with Gasteiger partial charge in [0.1, 0.15) is 16.7 Å². The lowest BCUT2D eigenvalue weighted by Crippen LogP contribution is -2.25. The summed E-state index contributed by atoms with van der Waals surface area (Å²) in [5, 5.41) is 23.1. The molecule has 0 unspecified atom stereocenters. The summed E-state index contributed by atoms with van der Waals surface area (Å²) in [6, 6.07) is 33.9. The highest BCUT2D eigenvalue weighted by molar-refractivity contribution is 8.19. The van der Waals surface area contributed by atoms with E-state index in [1.165, 1.54) is 18.5 Å². The number of aromatic nitrogens is 6. The third kappa shape index (κ3) is 19.7. The Bertz CT molecular complexity index is 2540. The van der Waals surface area contributed by atoms with E-state index in [2.05, 4.69) is 85.7 Å². The highest BCUT2D eigenvalue weighted by atomic mass is 32.3. The minimum Gasteiger partial charge on any atom is -0.478 e. The molecule has 20 heteroatoms. The minimum atomic E-state index is -3.90. The van der Waals surface area contributed by atoms with Crippen molar-refractivity contribution < 1.29 is 42.2 Å². The van der Waals surface area contributed by atoms with E-state index in [-0.39, 0.29) is 22.1 Å². The molecule has 3 aromatic carbocycles. The molecule has 2 amide bonds. The van der Waals surface area contributed by atoms with Crippen LogP contribution in [0.15, 0.2) is 125 Å². The number of rotatable bonds is 33. The third-order valence-corrected chi connectivity index (χ3v) is 12.4. The number of hydrogen-bond acceptors (Lipinski definition) is 16. The Kier molecular flexibility index (Phi) is 22.7. The lowest BCUT2D eigenvalue weighted by molar-refractivity contribution is -0.121. The van der Waals surface area contributed by atoms with E-state index in [0.717, 1.165) is 54.5 Å². The Morgan fingerprint density at radius 3 is 2.08 bits per heavy atom. The van der Waals surface area contributed by atoms with Crippen molar-refractivity contribution in [3.05, 3.63) is 132 Å². The average Bonchev–Trinajstić information content (AvgIpc) is 3.89. The Labute approximate surface area is 428 Å². The fraction of sp³-hybridized carbons (Fsp3) is 0.396. The zero-order valence-electron chi connectivity index (χ0n) is 41.6. The summed E-state index contributed by atoms with van der Waals surface area (Å²) < 4.78 is 51.7. The molecule has 0 fully saturated rings. The summed E-state index contributed by atoms with van der Waals surface area (Å²) >= 11 is 0. The van der Waals surface area contributed by atoms with Gasteiger partial charge in [0.15, 0.2) is 5.82 Å². The zero-order chi connectivity index (χ0) is 51.6. The first kappa shape index (κ1) is 55.7. The van der Waals surface area contributed by atoms with Gasteiger partial charge < -0.3 is 43.2 Å². The Hall–Kier alpha value is -6.65. The van der Waals surface area contributed by atoms with Crippen LogP contribution in [-0.4, -0.2) is 121 Å². The number of benzene rings is 3. The molecular weight excluding hydrogens is 953 g/mol. The summed E-state index contributed by atoms with van der Waals surface area (Å²) in [4.78, 5) is 35.4. The van der Waals surface area contributed by atoms with Crippen LogP contribution in [0.2, 0.25) is 0 Å². The predicted molar refractivity (Wildman–Crippen MR) is 282 cm³/mol. The van der Waals surface area contributed by atoms with Crippen LogP contribution < -0.4 is 20.8 Å². The van der Waals surface area contributed by atoms with E-state index in [0.29, 0.717) is 114 Å². The Morgan fingerprint density at radius 1 is 0.712 bits per heavy atom. The molecule has 0 atom stereocenters. The maximum atomic E-state index is 12.5. The van der Waals surface area contributed by atoms with Gasteiger partial charge in [-0.15, -0.1) is 10.2 Å². The van der Waals surface area contributed by atoms with Crippen LogP contribution in [0.1, 0.15) is 87.0 Å². The number of tetrazole rings is 1. The number of nitrogens with zero attached hydrogens (tertiary/aromatic N) is 7. The zero-order valence-corrected chi connectivity index (χ0v) is 42.4. The highest BCUT2D eigenvalue weighted by Crippen LogP contribution is 2.44. The van der Waals surface area contributed by atoms with Crippen molar-refractivity contribution in [3.8, 4) is 28.3 Å². The molecule has 0 bridgehead atoms. The second-order valence-electron chi connectivity index (χ2n) is 17.7. The first-order valence-corrected chi connectivity index (χ1v) is 26.1. The van der Waals surface area contributed by atoms with Crippen molar-refractivity contribution in [3.63, 3.8) is 0 Å². The van der Waals surface area contributed by atoms with Gasteiger partial charge in [-0.25, -0.2) is 9.97 Å². The fourth-order valence-corrected chi connectivity index (χ4v) is 8.05. The van der Waals surface area contributed by atoms with Gasteiger partial charge in [0, 0.05) is 61.5 Å². The molecule has 0 radical (unpaired) electrons. The maximum absolute atomic E-state index is 12.5. The second kappa shape index (κ2) is 29.8. The van der Waals surface area contributed by atoms with E-state index in [1.54, 1.807) is 35.1 Å². The van der Waals surface area contributed by atoms with E-state index in [4.69, 9.17) is 23.9 Å². The topological polar surface area (TPSA) is 250 Å². The van der Waals surface area contributed by atoms with Gasteiger partial charge in [-0.3, -0.25) is 15.0 Å². The van der Waals surface area contributed by atoms with Crippen molar-refractivity contribution in [1.29, 1.82) is 0 Å². The maximum Gasteiger partial charge on any atom is 0.252 e. The quantitative estimate of drug-likeness (QED) is 0.0128. The van der Waals surface area contributed by atoms with E-state index in [9.17, 15) is 23.2 Å². The van der Waals surface area contributed by atoms with Gasteiger partial charge in [-0.05, 0) is 85.6 Å². The number of aryl methyl sites for hydroxylation is 1. The number of ether oxygens (including phenoxy) is 4. The van der Waals surface area contributed by atoms with Crippen LogP contribution in [0.5, 0.6) is 5.88 Å². The monoisotopic (exact) mass is 1020 g/mol. The average molecular weight is 1020 g/mol. The van der Waals surface area contributed by atoms with Crippen LogP contribution in [-0.2, 0) is 31.0 Å². The van der Waals surface area contributed by atoms with E-state index < -0.39 is 10.9 Å². The smallest absolute Gasteiger partial charge is 0.252 e. The number of amides is 2. The van der Waals surface area contributed by atoms with Gasteiger partial charge in [0.2, 0.25) is 11.8 Å². The molecular formula is C53H68N10O9S. The van der Waals surface area contributed by atoms with Crippen LogP contribution in [0.4, 0.5) is 5.82 Å². The standard InChI is InChI=1S/C53H68N10O9S/c1-53(2,26-12-14-32-72-50-38-45(41-17-5-3-6-18-41)37-46(58-50)42-19-7-4-8-20-42)52-60-62-63(61-52)29-13-11-23-49(64)54-27-15-30-69-33-35-71-36-34-70-31-16-28-55-51(65)44-24-25-48(56-39-44)59-57-40-43-21-9-10-22-47(43)73(66,67)68/h3-10,17-22,24-25,37-40,66-68H,11-16,23,26-36H2,1-2H3,(H,54,64)(H,55,65)(H,56,59)/b57-40+. The third-order valence-electron chi connectivity index (χ3n) is 11.4. The highest BCUT2D eigenvalue weighted by Gasteiger charge is 2.26. The molecule has 0 aliphatic heterocycles. The molecule has 0 saturated heterocycles. The SMILES string of the molecule is CC(C)(CCCCOc1cc(-c2ccccc2)cc(-c2ccccc2)n1)c1nnn(CCCCC(=O)NCCCOCCOCCOCCCNC(=O)c2ccc(N/N=C/c3ccccc3S(O)(O)O)nc2)n1. The Balaban J connectivity index is 0.717. The second-order valence-corrected chi connectivity index (χ2v) is 19.2. The van der Waals surface area contributed by atoms with Gasteiger partial charge in [-0.2, -0.15) is 9.90 Å². The molecule has 6 rings (SSSR count). The number of hydrogen-bond donors (Lipinski definition) is 6. The normalized spacial score (nSPS) is 12.0. The van der Waals surface area contributed by atoms with Gasteiger partial charge in [0.05, 0.1) is 61.9 Å². The number of anilines is 1. The lowest BCUT2D eigenvalue weighted by atomic mass is 9.86. The summed E-state index contributed by atoms with van der Waals surface area (Å²) in [7, 11) is -3.90. The summed E-state index contributed by atoms with van der Waals surface area (Å²) in [6.45, 7) is 9.07. The van der Waals surface area contributed by atoms with Crippen molar-refractivity contribution in [2.24, 2.45) is 5.10 Å². The Morgan fingerprint density at radius 2 is 1.38 bits per heavy atom. The predicted octanol–water partition coefficient (Wildman–Crippen LogP) is 8.90. The van der Waals surface area contributed by atoms with Crippen molar-refractivity contribution >= 4 is 34.7 Å². The summed E-state index contributed by atoms with van der Waals surface area (Å²) in [5.41, 5.74) is 7.25. The van der Waals surface area contributed by atoms with Gasteiger partial charge in [0.25, 0.3) is 5.91 Å².